The highest BCUT2D eigenvalue weighted by atomic mass is 35.5. The molecule has 0 radical (unpaired) electrons. The number of hydrogen-bond donors (Lipinski definition) is 0. The highest BCUT2D eigenvalue weighted by molar-refractivity contribution is 8.20. The minimum atomic E-state index is -3.72. The molecule has 0 unspecified atom stereocenters. The van der Waals surface area contributed by atoms with Gasteiger partial charge in [-0.15, -0.1) is 0 Å². The van der Waals surface area contributed by atoms with Gasteiger partial charge in [-0.3, -0.25) is 14.0 Å². The Morgan fingerprint density at radius 3 is 1.69 bits per heavy atom. The van der Waals surface area contributed by atoms with E-state index in [-0.39, 0.29) is 11.5 Å². The Morgan fingerprint density at radius 1 is 0.846 bits per heavy atom. The monoisotopic (exact) mass is 405 g/mol. The van der Waals surface area contributed by atoms with Gasteiger partial charge in [-0.05, 0) is 69.7 Å². The van der Waals surface area contributed by atoms with E-state index in [1.54, 1.807) is 79.3 Å². The standard InChI is InChI=1S/C20H17Cl2NO2S/c1-26(25,18-6-2-16(21)3-7-18,19-8-4-17(22)5-9-19)14-20(24)15-10-12-23-13-11-15/h2-13H,14H2,1H3. The molecule has 0 amide bonds. The molecule has 0 aliphatic heterocycles. The number of Topliss-reactive ketones (excluding diaryl/α,β-unsaturated/α-hetero) is 1. The van der Waals surface area contributed by atoms with E-state index in [0.717, 1.165) is 0 Å². The molecule has 134 valence electrons. The van der Waals surface area contributed by atoms with Gasteiger partial charge in [0.15, 0.2) is 5.78 Å². The van der Waals surface area contributed by atoms with Crippen LogP contribution in [-0.2, 0) is 9.07 Å². The molecule has 0 bridgehead atoms. The number of halogens is 2. The summed E-state index contributed by atoms with van der Waals surface area (Å²) in [6, 6.07) is 16.8. The van der Waals surface area contributed by atoms with Crippen LogP contribution in [0.4, 0.5) is 0 Å². The number of hydrogen-bond acceptors (Lipinski definition) is 3. The molecule has 0 aliphatic carbocycles. The topological polar surface area (TPSA) is 47.0 Å². The first-order valence-electron chi connectivity index (χ1n) is 7.86. The zero-order chi connectivity index (χ0) is 18.8. The zero-order valence-electron chi connectivity index (χ0n) is 14.1. The second kappa shape index (κ2) is 6.95. The fraction of sp³-hybridized carbons (Fsp3) is 0.100. The van der Waals surface area contributed by atoms with E-state index in [1.165, 1.54) is 0 Å². The molecule has 1 aromatic heterocycles. The van der Waals surface area contributed by atoms with Crippen LogP contribution in [-0.4, -0.2) is 27.0 Å². The van der Waals surface area contributed by atoms with E-state index in [4.69, 9.17) is 23.2 Å². The molecule has 0 saturated heterocycles. The first-order valence-corrected chi connectivity index (χ1v) is 11.2. The lowest BCUT2D eigenvalue weighted by atomic mass is 10.2. The van der Waals surface area contributed by atoms with Crippen LogP contribution in [0, 0.1) is 0 Å². The SMILES string of the molecule is CS(=O)(CC(=O)c1ccncc1)(c1ccc(Cl)cc1)c1ccc(Cl)cc1. The number of carbonyl (C=O) groups excluding carboxylic acids is 1. The van der Waals surface area contributed by atoms with Crippen molar-refractivity contribution in [3.8, 4) is 0 Å². The summed E-state index contributed by atoms with van der Waals surface area (Å²) < 4.78 is 14.5. The van der Waals surface area contributed by atoms with Gasteiger partial charge < -0.3 is 0 Å². The Hall–Kier alpha value is -2.01. The lowest BCUT2D eigenvalue weighted by Crippen LogP contribution is -2.39. The van der Waals surface area contributed by atoms with Crippen molar-refractivity contribution in [2.24, 2.45) is 0 Å². The largest absolute Gasteiger partial charge is 0.293 e. The number of ketones is 1. The van der Waals surface area contributed by atoms with E-state index in [2.05, 4.69) is 4.98 Å². The van der Waals surface area contributed by atoms with E-state index in [0.29, 0.717) is 25.4 Å². The van der Waals surface area contributed by atoms with Crippen LogP contribution in [0.25, 0.3) is 0 Å². The summed E-state index contributed by atoms with van der Waals surface area (Å²) in [5.41, 5.74) is 0.476. The summed E-state index contributed by atoms with van der Waals surface area (Å²) >= 11 is 12.0. The van der Waals surface area contributed by atoms with Crippen molar-refractivity contribution in [1.29, 1.82) is 0 Å². The van der Waals surface area contributed by atoms with E-state index in [9.17, 15) is 9.00 Å². The fourth-order valence-corrected chi connectivity index (χ4v) is 6.17. The molecule has 26 heavy (non-hydrogen) atoms. The number of nitrogens with zero attached hydrogens (tertiary/aromatic N) is 1. The molecular formula is C20H17Cl2NO2S. The number of pyridine rings is 1. The summed E-state index contributed by atoms with van der Waals surface area (Å²) in [4.78, 5) is 18.0. The summed E-state index contributed by atoms with van der Waals surface area (Å²) in [7, 11) is -3.72. The summed E-state index contributed by atoms with van der Waals surface area (Å²) in [5.74, 6) is -0.360. The normalized spacial score (nSPS) is 13.0. The Kier molecular flexibility index (Phi) is 5.02. The molecule has 0 saturated carbocycles. The zero-order valence-corrected chi connectivity index (χ0v) is 16.4. The molecule has 1 heterocycles. The van der Waals surface area contributed by atoms with Crippen molar-refractivity contribution in [2.75, 3.05) is 12.0 Å². The molecule has 6 heteroatoms. The van der Waals surface area contributed by atoms with Crippen LogP contribution in [0.15, 0.2) is 82.8 Å². The van der Waals surface area contributed by atoms with Gasteiger partial charge in [0, 0.05) is 44.0 Å². The Balaban J connectivity index is 2.16. The van der Waals surface area contributed by atoms with Crippen LogP contribution >= 0.6 is 23.2 Å². The molecule has 0 fully saturated rings. The van der Waals surface area contributed by atoms with Crippen molar-refractivity contribution in [3.63, 3.8) is 0 Å². The molecule has 0 aliphatic rings. The Labute approximate surface area is 162 Å². The molecule has 3 aromatic rings. The second-order valence-corrected chi connectivity index (χ2v) is 11.4. The van der Waals surface area contributed by atoms with Crippen molar-refractivity contribution in [1.82, 2.24) is 4.98 Å². The first-order chi connectivity index (χ1) is 12.3. The van der Waals surface area contributed by atoms with Crippen molar-refractivity contribution >= 4 is 38.1 Å². The minimum Gasteiger partial charge on any atom is -0.293 e. The van der Waals surface area contributed by atoms with Gasteiger partial charge in [0.2, 0.25) is 0 Å². The molecule has 0 N–H and O–H groups in total. The fourth-order valence-electron chi connectivity index (χ4n) is 2.82. The lowest BCUT2D eigenvalue weighted by molar-refractivity contribution is 0.102. The summed E-state index contributed by atoms with van der Waals surface area (Å²) in [6.07, 6.45) is 4.73. The predicted molar refractivity (Wildman–Crippen MR) is 107 cm³/mol. The maximum atomic E-state index is 14.5. The number of rotatable bonds is 5. The maximum Gasteiger partial charge on any atom is 0.174 e. The van der Waals surface area contributed by atoms with Gasteiger partial charge in [-0.1, -0.05) is 23.2 Å². The van der Waals surface area contributed by atoms with Gasteiger partial charge in [-0.25, -0.2) is 0 Å². The van der Waals surface area contributed by atoms with Crippen molar-refractivity contribution < 1.29 is 9.00 Å². The second-order valence-electron chi connectivity index (χ2n) is 6.25. The van der Waals surface area contributed by atoms with Crippen LogP contribution < -0.4 is 0 Å². The number of carbonyl (C=O) groups is 1. The average molecular weight is 406 g/mol. The van der Waals surface area contributed by atoms with Gasteiger partial charge >= 0.3 is 0 Å². The van der Waals surface area contributed by atoms with Crippen LogP contribution in [0.1, 0.15) is 10.4 Å². The van der Waals surface area contributed by atoms with Gasteiger partial charge in [0.1, 0.15) is 0 Å². The van der Waals surface area contributed by atoms with Crippen molar-refractivity contribution in [2.45, 2.75) is 9.79 Å². The lowest BCUT2D eigenvalue weighted by Gasteiger charge is -2.39. The van der Waals surface area contributed by atoms with Crippen molar-refractivity contribution in [3.05, 3.63) is 88.7 Å². The van der Waals surface area contributed by atoms with Crippen LogP contribution in [0.2, 0.25) is 10.0 Å². The smallest absolute Gasteiger partial charge is 0.174 e. The Bertz CT molecular complexity index is 951. The highest BCUT2D eigenvalue weighted by Crippen LogP contribution is 2.42. The third-order valence-corrected chi connectivity index (χ3v) is 8.81. The van der Waals surface area contributed by atoms with E-state index in [1.807, 2.05) is 0 Å². The summed E-state index contributed by atoms with van der Waals surface area (Å²) in [6.45, 7) is 0. The van der Waals surface area contributed by atoms with E-state index < -0.39 is 9.07 Å². The molecular weight excluding hydrogens is 389 g/mol. The molecule has 2 aromatic carbocycles. The average Bonchev–Trinajstić information content (AvgIpc) is 2.63. The summed E-state index contributed by atoms with van der Waals surface area (Å²) in [5, 5.41) is 1.08. The first kappa shape index (κ1) is 18.8. The van der Waals surface area contributed by atoms with Gasteiger partial charge in [-0.2, -0.15) is 0 Å². The predicted octanol–water partition coefficient (Wildman–Crippen LogP) is 5.14. The molecule has 3 nitrogen and oxygen atoms in total. The third-order valence-electron chi connectivity index (χ3n) is 4.34. The van der Waals surface area contributed by atoms with Gasteiger partial charge in [0.25, 0.3) is 0 Å². The Morgan fingerprint density at radius 2 is 1.27 bits per heavy atom. The van der Waals surface area contributed by atoms with Gasteiger partial charge in [0.05, 0.1) is 5.75 Å². The number of benzene rings is 2. The van der Waals surface area contributed by atoms with E-state index >= 15 is 0 Å². The maximum absolute atomic E-state index is 14.5. The molecule has 0 atom stereocenters. The molecule has 0 spiro atoms. The minimum absolute atomic E-state index is 0.148. The van der Waals surface area contributed by atoms with Crippen LogP contribution in [0.5, 0.6) is 0 Å². The number of aromatic nitrogens is 1. The van der Waals surface area contributed by atoms with Crippen LogP contribution in [0.3, 0.4) is 0 Å². The highest BCUT2D eigenvalue weighted by Gasteiger charge is 2.38. The molecule has 3 rings (SSSR count). The third kappa shape index (κ3) is 3.58. The quantitative estimate of drug-likeness (QED) is 0.552.